The molecule has 0 heterocycles. The Hall–Kier alpha value is -2.18. The minimum atomic E-state index is -1.14. The highest BCUT2D eigenvalue weighted by molar-refractivity contribution is 5.86. The Balaban J connectivity index is 2.67. The molecule has 0 aromatic heterocycles. The second-order valence-corrected chi connectivity index (χ2v) is 5.36. The van der Waals surface area contributed by atoms with E-state index in [-0.39, 0.29) is 18.1 Å². The van der Waals surface area contributed by atoms with E-state index in [1.165, 1.54) is 13.0 Å². The van der Waals surface area contributed by atoms with Gasteiger partial charge < -0.3 is 15.2 Å². The van der Waals surface area contributed by atoms with Gasteiger partial charge in [-0.2, -0.15) is 0 Å². The molecule has 0 spiro atoms. The lowest BCUT2D eigenvalue weighted by molar-refractivity contribution is -0.143. The first-order valence-corrected chi connectivity index (χ1v) is 6.85. The van der Waals surface area contributed by atoms with Crippen molar-refractivity contribution in [1.82, 2.24) is 5.32 Å². The third kappa shape index (κ3) is 5.31. The normalized spacial score (nSPS) is 13.5. The summed E-state index contributed by atoms with van der Waals surface area (Å²) in [5.41, 5.74) is 0. The second-order valence-electron chi connectivity index (χ2n) is 5.36. The van der Waals surface area contributed by atoms with Crippen molar-refractivity contribution in [3.8, 4) is 5.75 Å². The maximum Gasteiger partial charge on any atom is 0.326 e. The fraction of sp³-hybridized carbons (Fsp3) is 0.467. The van der Waals surface area contributed by atoms with E-state index in [2.05, 4.69) is 5.32 Å². The topological polar surface area (TPSA) is 75.6 Å². The summed E-state index contributed by atoms with van der Waals surface area (Å²) in [6.45, 7) is 5.07. The summed E-state index contributed by atoms with van der Waals surface area (Å²) in [4.78, 5) is 23.0. The number of rotatable bonds is 7. The molecule has 1 amide bonds. The molecule has 22 heavy (non-hydrogen) atoms. The number of carbonyl (C=O) groups excluding carboxylic acids is 1. The van der Waals surface area contributed by atoms with Crippen molar-refractivity contribution in [2.24, 2.45) is 5.92 Å². The molecule has 0 aliphatic rings. The first-order valence-electron chi connectivity index (χ1n) is 6.85. The quantitative estimate of drug-likeness (QED) is 0.810. The fourth-order valence-corrected chi connectivity index (χ4v) is 1.79. The maximum absolute atomic E-state index is 13.1. The van der Waals surface area contributed by atoms with Crippen LogP contribution in [0.3, 0.4) is 0 Å². The molecule has 0 bridgehead atoms. The van der Waals surface area contributed by atoms with Crippen molar-refractivity contribution in [2.75, 3.05) is 0 Å². The monoisotopic (exact) mass is 315 g/mol. The number of amides is 1. The number of hydrogen-bond acceptors (Lipinski definition) is 3. The van der Waals surface area contributed by atoms with Gasteiger partial charge in [-0.25, -0.2) is 13.6 Å². The third-order valence-corrected chi connectivity index (χ3v) is 2.89. The van der Waals surface area contributed by atoms with Crippen LogP contribution < -0.4 is 10.1 Å². The van der Waals surface area contributed by atoms with Gasteiger partial charge in [0.25, 0.3) is 5.91 Å². The van der Waals surface area contributed by atoms with E-state index >= 15 is 0 Å². The number of benzene rings is 1. The first-order chi connectivity index (χ1) is 10.2. The molecule has 0 saturated heterocycles. The molecule has 1 unspecified atom stereocenters. The summed E-state index contributed by atoms with van der Waals surface area (Å²) in [5.74, 6) is -3.82. The summed E-state index contributed by atoms with van der Waals surface area (Å²) in [7, 11) is 0. The van der Waals surface area contributed by atoms with Gasteiger partial charge in [0.2, 0.25) is 0 Å². The number of halogens is 2. The SMILES string of the molecule is CC(C)C[C@@H](NC(=O)C(C)Oc1ccc(F)c(F)c1)C(=O)O. The zero-order valence-corrected chi connectivity index (χ0v) is 12.6. The molecule has 1 rings (SSSR count). The molecule has 7 heteroatoms. The van der Waals surface area contributed by atoms with Crippen molar-refractivity contribution in [1.29, 1.82) is 0 Å². The second kappa shape index (κ2) is 7.72. The summed E-state index contributed by atoms with van der Waals surface area (Å²) < 4.78 is 31.0. The van der Waals surface area contributed by atoms with Crippen molar-refractivity contribution in [2.45, 2.75) is 39.3 Å². The molecular weight excluding hydrogens is 296 g/mol. The largest absolute Gasteiger partial charge is 0.481 e. The lowest BCUT2D eigenvalue weighted by Gasteiger charge is -2.20. The van der Waals surface area contributed by atoms with Crippen LogP contribution in [-0.4, -0.2) is 29.1 Å². The number of carboxylic acids is 1. The average Bonchev–Trinajstić information content (AvgIpc) is 2.41. The van der Waals surface area contributed by atoms with Gasteiger partial charge in [-0.3, -0.25) is 4.79 Å². The van der Waals surface area contributed by atoms with E-state index in [1.807, 2.05) is 13.8 Å². The molecule has 0 saturated carbocycles. The number of ether oxygens (including phenoxy) is 1. The third-order valence-electron chi connectivity index (χ3n) is 2.89. The van der Waals surface area contributed by atoms with Crippen molar-refractivity contribution < 1.29 is 28.2 Å². The lowest BCUT2D eigenvalue weighted by Crippen LogP contribution is -2.46. The molecule has 2 atom stereocenters. The van der Waals surface area contributed by atoms with Crippen LogP contribution in [0.1, 0.15) is 27.2 Å². The van der Waals surface area contributed by atoms with E-state index in [4.69, 9.17) is 9.84 Å². The van der Waals surface area contributed by atoms with Gasteiger partial charge in [0.15, 0.2) is 17.7 Å². The molecular formula is C15H19F2NO4. The number of aliphatic carboxylic acids is 1. The average molecular weight is 315 g/mol. The van der Waals surface area contributed by atoms with Crippen LogP contribution in [0.25, 0.3) is 0 Å². The minimum absolute atomic E-state index is 0.0164. The van der Waals surface area contributed by atoms with E-state index in [0.717, 1.165) is 12.1 Å². The standard InChI is InChI=1S/C15H19F2NO4/c1-8(2)6-13(15(20)21)18-14(19)9(3)22-10-4-5-11(16)12(17)7-10/h4-5,7-9,13H,6H2,1-3H3,(H,18,19)(H,20,21)/t9?,13-/m1/s1. The number of hydrogen-bond donors (Lipinski definition) is 2. The van der Waals surface area contributed by atoms with Crippen LogP contribution >= 0.6 is 0 Å². The van der Waals surface area contributed by atoms with Crippen LogP contribution in [0, 0.1) is 17.6 Å². The Morgan fingerprint density at radius 2 is 1.86 bits per heavy atom. The molecule has 0 aliphatic carbocycles. The van der Waals surface area contributed by atoms with E-state index in [9.17, 15) is 18.4 Å². The number of carbonyl (C=O) groups is 2. The van der Waals surface area contributed by atoms with Crippen LogP contribution in [-0.2, 0) is 9.59 Å². The summed E-state index contributed by atoms with van der Waals surface area (Å²) in [5, 5.41) is 11.4. The molecule has 2 N–H and O–H groups in total. The van der Waals surface area contributed by atoms with Crippen molar-refractivity contribution in [3.63, 3.8) is 0 Å². The van der Waals surface area contributed by atoms with Gasteiger partial charge in [-0.05, 0) is 31.4 Å². The van der Waals surface area contributed by atoms with Crippen molar-refractivity contribution in [3.05, 3.63) is 29.8 Å². The number of nitrogens with one attached hydrogen (secondary N) is 1. The summed E-state index contributed by atoms with van der Waals surface area (Å²) >= 11 is 0. The highest BCUT2D eigenvalue weighted by atomic mass is 19.2. The molecule has 0 aliphatic heterocycles. The predicted molar refractivity (Wildman–Crippen MR) is 75.5 cm³/mol. The fourth-order valence-electron chi connectivity index (χ4n) is 1.79. The molecule has 122 valence electrons. The van der Waals surface area contributed by atoms with Gasteiger partial charge in [0, 0.05) is 6.07 Å². The molecule has 1 aromatic carbocycles. The Kier molecular flexibility index (Phi) is 6.27. The summed E-state index contributed by atoms with van der Waals surface area (Å²) in [6.07, 6.45) is -0.766. The van der Waals surface area contributed by atoms with E-state index < -0.39 is 35.7 Å². The summed E-state index contributed by atoms with van der Waals surface area (Å²) in [6, 6.07) is 1.87. The molecule has 5 nitrogen and oxygen atoms in total. The van der Waals surface area contributed by atoms with Crippen LogP contribution in [0.4, 0.5) is 8.78 Å². The highest BCUT2D eigenvalue weighted by Gasteiger charge is 2.24. The van der Waals surface area contributed by atoms with Gasteiger partial charge in [0.1, 0.15) is 11.8 Å². The van der Waals surface area contributed by atoms with Crippen molar-refractivity contribution >= 4 is 11.9 Å². The van der Waals surface area contributed by atoms with Crippen LogP contribution in [0.15, 0.2) is 18.2 Å². The molecule has 0 radical (unpaired) electrons. The first kappa shape index (κ1) is 17.9. The Morgan fingerprint density at radius 1 is 1.23 bits per heavy atom. The molecule has 1 aromatic rings. The van der Waals surface area contributed by atoms with E-state index in [1.54, 1.807) is 0 Å². The van der Waals surface area contributed by atoms with Gasteiger partial charge in [0.05, 0.1) is 0 Å². The highest BCUT2D eigenvalue weighted by Crippen LogP contribution is 2.17. The van der Waals surface area contributed by atoms with E-state index in [0.29, 0.717) is 0 Å². The zero-order valence-electron chi connectivity index (χ0n) is 12.6. The van der Waals surface area contributed by atoms with Crippen LogP contribution in [0.5, 0.6) is 5.75 Å². The Morgan fingerprint density at radius 3 is 2.36 bits per heavy atom. The van der Waals surface area contributed by atoms with Gasteiger partial charge in [-0.15, -0.1) is 0 Å². The Bertz CT molecular complexity index is 548. The minimum Gasteiger partial charge on any atom is -0.481 e. The predicted octanol–water partition coefficient (Wildman–Crippen LogP) is 2.35. The number of carboxylic acid groups (broad SMARTS) is 1. The van der Waals surface area contributed by atoms with Crippen LogP contribution in [0.2, 0.25) is 0 Å². The zero-order chi connectivity index (χ0) is 16.9. The maximum atomic E-state index is 13.1. The van der Waals surface area contributed by atoms with Gasteiger partial charge in [-0.1, -0.05) is 13.8 Å². The Labute approximate surface area is 127 Å². The lowest BCUT2D eigenvalue weighted by atomic mass is 10.0. The molecule has 0 fully saturated rings. The van der Waals surface area contributed by atoms with Gasteiger partial charge >= 0.3 is 5.97 Å². The smallest absolute Gasteiger partial charge is 0.326 e.